The highest BCUT2D eigenvalue weighted by Crippen LogP contribution is 2.38. The number of hydrogen-bond acceptors (Lipinski definition) is 5. The molecule has 1 heterocycles. The fourth-order valence-electron chi connectivity index (χ4n) is 4.52. The second-order valence-corrected chi connectivity index (χ2v) is 10.5. The smallest absolute Gasteiger partial charge is 0.255 e. The zero-order valence-corrected chi connectivity index (χ0v) is 23.0. The van der Waals surface area contributed by atoms with E-state index in [1.165, 1.54) is 7.11 Å². The van der Waals surface area contributed by atoms with Crippen LogP contribution in [-0.4, -0.2) is 33.6 Å². The number of allylic oxidation sites excluding steroid dienone is 1. The minimum Gasteiger partial charge on any atom is -0.504 e. The largest absolute Gasteiger partial charge is 0.504 e. The van der Waals surface area contributed by atoms with Gasteiger partial charge in [0.15, 0.2) is 11.5 Å². The highest BCUT2D eigenvalue weighted by atomic mass is 16.5. The number of phenols is 1. The Balaban J connectivity index is 1.81. The molecule has 3 aromatic carbocycles. The van der Waals surface area contributed by atoms with E-state index >= 15 is 0 Å². The number of anilines is 1. The predicted octanol–water partition coefficient (Wildman–Crippen LogP) is 5.74. The summed E-state index contributed by atoms with van der Waals surface area (Å²) in [4.78, 5) is 29.7. The minimum absolute atomic E-state index is 0.0310. The van der Waals surface area contributed by atoms with Crippen LogP contribution < -0.4 is 15.8 Å². The van der Waals surface area contributed by atoms with Crippen LogP contribution in [0.5, 0.6) is 11.5 Å². The summed E-state index contributed by atoms with van der Waals surface area (Å²) in [7, 11) is 1.49. The second-order valence-electron chi connectivity index (χ2n) is 10.5. The lowest BCUT2D eigenvalue weighted by molar-refractivity contribution is -0.119. The van der Waals surface area contributed by atoms with Crippen LogP contribution in [0.3, 0.4) is 0 Å². The van der Waals surface area contributed by atoms with Gasteiger partial charge in [0.2, 0.25) is 5.91 Å². The number of imidazole rings is 1. The van der Waals surface area contributed by atoms with Crippen molar-refractivity contribution in [1.29, 1.82) is 0 Å². The molecule has 4 N–H and O–H groups in total. The Hall–Kier alpha value is -4.59. The molecule has 39 heavy (non-hydrogen) atoms. The monoisotopic (exact) mass is 526 g/mol. The molecule has 1 aromatic heterocycles. The van der Waals surface area contributed by atoms with E-state index in [0.717, 1.165) is 27.8 Å². The third kappa shape index (κ3) is 5.80. The van der Waals surface area contributed by atoms with Gasteiger partial charge in [0.25, 0.3) is 5.91 Å². The summed E-state index contributed by atoms with van der Waals surface area (Å²) >= 11 is 0. The maximum Gasteiger partial charge on any atom is 0.255 e. The van der Waals surface area contributed by atoms with Gasteiger partial charge in [0.1, 0.15) is 5.82 Å². The van der Waals surface area contributed by atoms with E-state index in [2.05, 4.69) is 11.9 Å². The molecule has 8 nitrogen and oxygen atoms in total. The number of aryl methyl sites for hydroxylation is 2. The number of primary amides is 1. The lowest BCUT2D eigenvalue weighted by Gasteiger charge is -2.27. The summed E-state index contributed by atoms with van der Waals surface area (Å²) < 4.78 is 7.36. The topological polar surface area (TPSA) is 119 Å². The van der Waals surface area contributed by atoms with Crippen LogP contribution in [0.15, 0.2) is 66.7 Å². The summed E-state index contributed by atoms with van der Waals surface area (Å²) in [5, 5.41) is 13.2. The van der Waals surface area contributed by atoms with Gasteiger partial charge in [-0.3, -0.25) is 9.59 Å². The van der Waals surface area contributed by atoms with Crippen molar-refractivity contribution in [3.8, 4) is 22.9 Å². The first kappa shape index (κ1) is 27.4. The van der Waals surface area contributed by atoms with E-state index < -0.39 is 11.3 Å². The van der Waals surface area contributed by atoms with Crippen molar-refractivity contribution in [2.45, 2.75) is 40.7 Å². The maximum absolute atomic E-state index is 13.0. The number of ether oxygens (including phenoxy) is 1. The van der Waals surface area contributed by atoms with Crippen LogP contribution in [0.1, 0.15) is 41.8 Å². The van der Waals surface area contributed by atoms with Gasteiger partial charge >= 0.3 is 0 Å². The number of nitrogens with zero attached hydrogens (tertiary/aromatic N) is 2. The number of phenolic OH excluding ortho intramolecular Hbond substituents is 1. The number of carbonyl (C=O) groups is 2. The third-order valence-corrected chi connectivity index (χ3v) is 7.01. The van der Waals surface area contributed by atoms with Gasteiger partial charge in [-0.25, -0.2) is 4.98 Å². The second kappa shape index (κ2) is 10.6. The molecule has 8 heteroatoms. The number of amides is 2. The Morgan fingerprint density at radius 3 is 2.44 bits per heavy atom. The number of aromatic nitrogens is 2. The van der Waals surface area contributed by atoms with Gasteiger partial charge in [-0.15, -0.1) is 0 Å². The summed E-state index contributed by atoms with van der Waals surface area (Å²) in [5.74, 6) is 0.322. The average molecular weight is 527 g/mol. The lowest BCUT2D eigenvalue weighted by Crippen LogP contribution is -2.26. The molecule has 0 aliphatic heterocycles. The molecule has 0 unspecified atom stereocenters. The number of nitrogens with one attached hydrogen (secondary N) is 1. The molecule has 0 saturated carbocycles. The number of carbonyl (C=O) groups excluding carboxylic acids is 2. The van der Waals surface area contributed by atoms with E-state index in [0.29, 0.717) is 34.9 Å². The first-order chi connectivity index (χ1) is 18.4. The van der Waals surface area contributed by atoms with Crippen molar-refractivity contribution < 1.29 is 19.4 Å². The molecule has 4 aromatic rings. The average Bonchev–Trinajstić information content (AvgIpc) is 3.22. The van der Waals surface area contributed by atoms with Gasteiger partial charge in [0.05, 0.1) is 18.1 Å². The molecule has 202 valence electrons. The maximum atomic E-state index is 13.0. The number of fused-ring (bicyclic) bond motifs is 1. The number of benzene rings is 3. The van der Waals surface area contributed by atoms with E-state index in [-0.39, 0.29) is 18.1 Å². The first-order valence-electron chi connectivity index (χ1n) is 12.6. The Morgan fingerprint density at radius 2 is 1.79 bits per heavy atom. The lowest BCUT2D eigenvalue weighted by atomic mass is 9.81. The van der Waals surface area contributed by atoms with Crippen molar-refractivity contribution in [2.75, 3.05) is 12.4 Å². The highest BCUT2D eigenvalue weighted by molar-refractivity contribution is 6.06. The Bertz CT molecular complexity index is 1580. The van der Waals surface area contributed by atoms with Crippen LogP contribution in [0.2, 0.25) is 0 Å². The standard InChI is InChI=1S/C31H34N4O4/c1-18-7-10-22(11-8-18)33-30(38)21-9-12-25-24(14-21)34-29(23-15-27(39-6)26(36)13-19(23)2)35(25)17-20(3)31(4,5)16-28(32)37/h7-15,36H,3,16-17H2,1-2,4-6H3,(H2,32,37)(H,33,38). The molecule has 0 fully saturated rings. The quantitative estimate of drug-likeness (QED) is 0.240. The predicted molar refractivity (Wildman–Crippen MR) is 154 cm³/mol. The summed E-state index contributed by atoms with van der Waals surface area (Å²) in [6, 6.07) is 16.3. The van der Waals surface area contributed by atoms with E-state index in [1.807, 2.05) is 62.6 Å². The fourth-order valence-corrected chi connectivity index (χ4v) is 4.52. The molecular formula is C31H34N4O4. The van der Waals surface area contributed by atoms with Gasteiger partial charge in [-0.1, -0.05) is 43.7 Å². The molecule has 0 spiro atoms. The van der Waals surface area contributed by atoms with E-state index in [9.17, 15) is 14.7 Å². The normalized spacial score (nSPS) is 11.4. The van der Waals surface area contributed by atoms with Gasteiger partial charge in [0, 0.05) is 29.8 Å². The molecule has 0 aliphatic carbocycles. The Morgan fingerprint density at radius 1 is 1.10 bits per heavy atom. The van der Waals surface area contributed by atoms with Crippen molar-refractivity contribution >= 4 is 28.5 Å². The molecule has 2 amide bonds. The number of rotatable bonds is 9. The first-order valence-corrected chi connectivity index (χ1v) is 12.6. The van der Waals surface area contributed by atoms with Gasteiger partial charge in [-0.05, 0) is 67.3 Å². The fraction of sp³-hybridized carbons (Fsp3) is 0.258. The molecule has 0 radical (unpaired) electrons. The summed E-state index contributed by atoms with van der Waals surface area (Å²) in [5.41, 5.74) is 11.0. The van der Waals surface area contributed by atoms with Crippen molar-refractivity contribution in [3.05, 3.63) is 83.4 Å². The van der Waals surface area contributed by atoms with Gasteiger partial charge in [-0.2, -0.15) is 0 Å². The number of hydrogen-bond donors (Lipinski definition) is 3. The Labute approximate surface area is 228 Å². The van der Waals surface area contributed by atoms with Crippen molar-refractivity contribution in [1.82, 2.24) is 9.55 Å². The van der Waals surface area contributed by atoms with Crippen molar-refractivity contribution in [3.63, 3.8) is 0 Å². The van der Waals surface area contributed by atoms with Crippen LogP contribution in [-0.2, 0) is 11.3 Å². The third-order valence-electron chi connectivity index (χ3n) is 7.01. The molecular weight excluding hydrogens is 492 g/mol. The summed E-state index contributed by atoms with van der Waals surface area (Å²) in [6.07, 6.45) is 0.156. The zero-order chi connectivity index (χ0) is 28.5. The zero-order valence-electron chi connectivity index (χ0n) is 23.0. The van der Waals surface area contributed by atoms with Crippen LogP contribution in [0.4, 0.5) is 5.69 Å². The van der Waals surface area contributed by atoms with E-state index in [4.69, 9.17) is 15.5 Å². The molecule has 4 rings (SSSR count). The highest BCUT2D eigenvalue weighted by Gasteiger charge is 2.27. The Kier molecular flexibility index (Phi) is 7.49. The van der Waals surface area contributed by atoms with Crippen LogP contribution in [0, 0.1) is 19.3 Å². The van der Waals surface area contributed by atoms with Crippen LogP contribution >= 0.6 is 0 Å². The number of methoxy groups -OCH3 is 1. The number of aromatic hydroxyl groups is 1. The minimum atomic E-state index is -0.546. The van der Waals surface area contributed by atoms with Crippen molar-refractivity contribution in [2.24, 2.45) is 11.1 Å². The molecule has 0 saturated heterocycles. The SMILES string of the molecule is C=C(Cn1c(-c2cc(OC)c(O)cc2C)nc2cc(C(=O)Nc3ccc(C)cc3)ccc21)C(C)(C)CC(N)=O. The van der Waals surface area contributed by atoms with E-state index in [1.54, 1.807) is 24.3 Å². The van der Waals surface area contributed by atoms with Gasteiger partial charge < -0.3 is 25.5 Å². The summed E-state index contributed by atoms with van der Waals surface area (Å²) in [6.45, 7) is 12.4. The molecule has 0 atom stereocenters. The molecule has 0 bridgehead atoms. The van der Waals surface area contributed by atoms with Crippen LogP contribution in [0.25, 0.3) is 22.4 Å². The molecule has 0 aliphatic rings. The number of nitrogens with two attached hydrogens (primary N) is 1.